The fourth-order valence-corrected chi connectivity index (χ4v) is 3.35. The van der Waals surface area contributed by atoms with E-state index in [9.17, 15) is 4.79 Å². The third-order valence-corrected chi connectivity index (χ3v) is 5.48. The van der Waals surface area contributed by atoms with Crippen molar-refractivity contribution in [3.05, 3.63) is 51.1 Å². The molecule has 0 bridgehead atoms. The van der Waals surface area contributed by atoms with Gasteiger partial charge >= 0.3 is 0 Å². The van der Waals surface area contributed by atoms with Crippen LogP contribution in [0.3, 0.4) is 0 Å². The van der Waals surface area contributed by atoms with Crippen molar-refractivity contribution in [3.63, 3.8) is 0 Å². The van der Waals surface area contributed by atoms with Gasteiger partial charge in [0.15, 0.2) is 6.61 Å². The topological polar surface area (TPSA) is 57.7 Å². The lowest BCUT2D eigenvalue weighted by Crippen LogP contribution is -2.44. The smallest absolute Gasteiger partial charge is 0.258 e. The fourth-order valence-electron chi connectivity index (χ4n) is 2.75. The second-order valence-corrected chi connectivity index (χ2v) is 7.80. The summed E-state index contributed by atoms with van der Waals surface area (Å²) in [6, 6.07) is 6.92. The normalized spacial score (nSPS) is 14.8. The molecule has 6 nitrogen and oxygen atoms in total. The van der Waals surface area contributed by atoms with Crippen molar-refractivity contribution in [1.29, 1.82) is 0 Å². The molecule has 3 rings (SSSR count). The zero-order valence-corrected chi connectivity index (χ0v) is 17.7. The number of nitrogens with one attached hydrogen (secondary N) is 1. The van der Waals surface area contributed by atoms with Crippen molar-refractivity contribution in [2.24, 2.45) is 0 Å². The van der Waals surface area contributed by atoms with E-state index in [2.05, 4.69) is 27.1 Å². The number of halogens is 3. The Morgan fingerprint density at radius 2 is 1.82 bits per heavy atom. The van der Waals surface area contributed by atoms with Crippen molar-refractivity contribution >= 4 is 46.5 Å². The number of amides is 1. The summed E-state index contributed by atoms with van der Waals surface area (Å²) in [5.41, 5.74) is 0.916. The summed E-state index contributed by atoms with van der Waals surface area (Å²) in [5, 5.41) is 3.73. The van der Waals surface area contributed by atoms with Crippen molar-refractivity contribution in [1.82, 2.24) is 15.2 Å². The first kappa shape index (κ1) is 21.0. The molecule has 1 aromatic carbocycles. The number of aromatic nitrogens is 1. The maximum Gasteiger partial charge on any atom is 0.258 e. The number of benzene rings is 1. The number of hydrogen-bond acceptors (Lipinski definition) is 5. The van der Waals surface area contributed by atoms with Gasteiger partial charge in [-0.05, 0) is 24.7 Å². The van der Waals surface area contributed by atoms with E-state index in [1.165, 1.54) is 12.1 Å². The zero-order chi connectivity index (χ0) is 20.1. The lowest BCUT2D eigenvalue weighted by atomic mass is 10.2. The van der Waals surface area contributed by atoms with Gasteiger partial charge in [0.25, 0.3) is 5.91 Å². The minimum Gasteiger partial charge on any atom is -0.482 e. The van der Waals surface area contributed by atoms with Gasteiger partial charge in [0.2, 0.25) is 0 Å². The van der Waals surface area contributed by atoms with Crippen LogP contribution in [0.25, 0.3) is 0 Å². The maximum atomic E-state index is 12.0. The van der Waals surface area contributed by atoms with Gasteiger partial charge in [0.1, 0.15) is 11.6 Å². The quantitative estimate of drug-likeness (QED) is 0.693. The molecule has 9 heteroatoms. The predicted octanol–water partition coefficient (Wildman–Crippen LogP) is 3.49. The Labute approximate surface area is 179 Å². The predicted molar refractivity (Wildman–Crippen MR) is 113 cm³/mol. The molecule has 28 heavy (non-hydrogen) atoms. The Hall–Kier alpha value is -1.73. The number of carbonyl (C=O) groups is 1. The highest BCUT2D eigenvalue weighted by molar-refractivity contribution is 6.43. The molecule has 1 fully saturated rings. The van der Waals surface area contributed by atoms with E-state index in [0.29, 0.717) is 27.4 Å². The van der Waals surface area contributed by atoms with Gasteiger partial charge in [0, 0.05) is 45.0 Å². The summed E-state index contributed by atoms with van der Waals surface area (Å²) in [4.78, 5) is 21.1. The van der Waals surface area contributed by atoms with E-state index in [0.717, 1.165) is 37.6 Å². The fraction of sp³-hybridized carbons (Fsp3) is 0.368. The molecule has 0 unspecified atom stereocenters. The minimum absolute atomic E-state index is 0.176. The first-order valence-corrected chi connectivity index (χ1v) is 9.98. The molecule has 1 aliphatic heterocycles. The molecule has 0 aliphatic carbocycles. The maximum absolute atomic E-state index is 12.0. The van der Waals surface area contributed by atoms with Gasteiger partial charge in [-0.2, -0.15) is 0 Å². The second kappa shape index (κ2) is 9.65. The largest absolute Gasteiger partial charge is 0.482 e. The number of hydrogen-bond donors (Lipinski definition) is 1. The number of anilines is 1. The van der Waals surface area contributed by atoms with E-state index in [4.69, 9.17) is 39.5 Å². The van der Waals surface area contributed by atoms with Crippen LogP contribution >= 0.6 is 34.8 Å². The molecule has 2 heterocycles. The highest BCUT2D eigenvalue weighted by Gasteiger charge is 2.15. The second-order valence-electron chi connectivity index (χ2n) is 6.58. The summed E-state index contributed by atoms with van der Waals surface area (Å²) in [6.07, 6.45) is 1.78. The lowest BCUT2D eigenvalue weighted by Gasteiger charge is -2.33. The van der Waals surface area contributed by atoms with Crippen LogP contribution in [0.2, 0.25) is 15.1 Å². The Bertz CT molecular complexity index is 825. The minimum atomic E-state index is -0.273. The van der Waals surface area contributed by atoms with Crippen LogP contribution in [0.15, 0.2) is 30.5 Å². The molecular formula is C19H21Cl3N4O2. The molecule has 1 amide bonds. The molecule has 150 valence electrons. The van der Waals surface area contributed by atoms with Crippen LogP contribution in [-0.2, 0) is 11.3 Å². The van der Waals surface area contributed by atoms with E-state index >= 15 is 0 Å². The molecule has 1 aliphatic rings. The average molecular weight is 444 g/mol. The molecule has 0 radical (unpaired) electrons. The van der Waals surface area contributed by atoms with Crippen LogP contribution in [0.4, 0.5) is 5.82 Å². The third kappa shape index (κ3) is 5.64. The first-order chi connectivity index (χ1) is 13.4. The number of nitrogens with zero attached hydrogens (tertiary/aromatic N) is 3. The Morgan fingerprint density at radius 3 is 2.50 bits per heavy atom. The highest BCUT2D eigenvalue weighted by Crippen LogP contribution is 2.33. The molecule has 1 N–H and O–H groups in total. The monoisotopic (exact) mass is 442 g/mol. The molecule has 0 spiro atoms. The zero-order valence-electron chi connectivity index (χ0n) is 15.4. The van der Waals surface area contributed by atoms with Crippen molar-refractivity contribution in [2.45, 2.75) is 6.54 Å². The molecule has 1 aromatic heterocycles. The number of likely N-dealkylation sites (N-methyl/N-ethyl adjacent to an activating group) is 1. The number of rotatable bonds is 6. The SMILES string of the molecule is CN1CCN(c2ccc(CNC(=O)COc3cc(Cl)c(Cl)cc3Cl)cn2)CC1. The van der Waals surface area contributed by atoms with Gasteiger partial charge in [-0.15, -0.1) is 0 Å². The first-order valence-electron chi connectivity index (χ1n) is 8.85. The van der Waals surface area contributed by atoms with E-state index < -0.39 is 0 Å². The van der Waals surface area contributed by atoms with E-state index in [-0.39, 0.29) is 12.5 Å². The summed E-state index contributed by atoms with van der Waals surface area (Å²) < 4.78 is 5.42. The van der Waals surface area contributed by atoms with Crippen molar-refractivity contribution < 1.29 is 9.53 Å². The lowest BCUT2D eigenvalue weighted by molar-refractivity contribution is -0.123. The summed E-state index contributed by atoms with van der Waals surface area (Å²) in [7, 11) is 2.12. The average Bonchev–Trinajstić information content (AvgIpc) is 2.69. The number of carbonyl (C=O) groups excluding carboxylic acids is 1. The summed E-state index contributed by atoms with van der Waals surface area (Å²) in [6.45, 7) is 4.19. The van der Waals surface area contributed by atoms with Gasteiger partial charge < -0.3 is 19.9 Å². The van der Waals surface area contributed by atoms with Gasteiger partial charge in [-0.1, -0.05) is 40.9 Å². The van der Waals surface area contributed by atoms with Crippen LogP contribution in [-0.4, -0.2) is 55.6 Å². The van der Waals surface area contributed by atoms with Crippen LogP contribution < -0.4 is 15.0 Å². The highest BCUT2D eigenvalue weighted by atomic mass is 35.5. The van der Waals surface area contributed by atoms with Crippen LogP contribution in [0.5, 0.6) is 5.75 Å². The summed E-state index contributed by atoms with van der Waals surface area (Å²) in [5.74, 6) is 0.996. The Balaban J connectivity index is 1.46. The molecule has 0 atom stereocenters. The number of piperazine rings is 1. The number of pyridine rings is 1. The Kier molecular flexibility index (Phi) is 7.24. The van der Waals surface area contributed by atoms with Crippen molar-refractivity contribution in [3.8, 4) is 5.75 Å². The third-order valence-electron chi connectivity index (χ3n) is 4.46. The summed E-state index contributed by atoms with van der Waals surface area (Å²) >= 11 is 17.8. The van der Waals surface area contributed by atoms with E-state index in [1.807, 2.05) is 12.1 Å². The van der Waals surface area contributed by atoms with Gasteiger partial charge in [0.05, 0.1) is 15.1 Å². The van der Waals surface area contributed by atoms with Crippen LogP contribution in [0.1, 0.15) is 5.56 Å². The van der Waals surface area contributed by atoms with Gasteiger partial charge in [-0.3, -0.25) is 4.79 Å². The Morgan fingerprint density at radius 1 is 1.11 bits per heavy atom. The molecular weight excluding hydrogens is 423 g/mol. The number of ether oxygens (including phenoxy) is 1. The molecule has 0 saturated carbocycles. The van der Waals surface area contributed by atoms with Gasteiger partial charge in [-0.25, -0.2) is 4.98 Å². The van der Waals surface area contributed by atoms with E-state index in [1.54, 1.807) is 6.20 Å². The standard InChI is InChI=1S/C19H21Cl3N4O2/c1-25-4-6-26(7-5-25)18-3-2-13(10-23-18)11-24-19(27)12-28-17-9-15(21)14(20)8-16(17)22/h2-3,8-10H,4-7,11-12H2,1H3,(H,24,27). The molecule has 2 aromatic rings. The molecule has 1 saturated heterocycles. The van der Waals surface area contributed by atoms with Crippen molar-refractivity contribution in [2.75, 3.05) is 44.7 Å². The van der Waals surface area contributed by atoms with Crippen LogP contribution in [0, 0.1) is 0 Å².